The lowest BCUT2D eigenvalue weighted by atomic mass is 10.2. The maximum absolute atomic E-state index is 11.5. The first-order valence-corrected chi connectivity index (χ1v) is 7.49. The molecule has 0 aromatic heterocycles. The van der Waals surface area contributed by atoms with Gasteiger partial charge in [-0.25, -0.2) is 13.2 Å². The van der Waals surface area contributed by atoms with Crippen molar-refractivity contribution in [1.82, 2.24) is 0 Å². The molecule has 0 radical (unpaired) electrons. The van der Waals surface area contributed by atoms with Gasteiger partial charge in [-0.05, 0) is 30.7 Å². The molecule has 0 bridgehead atoms. The van der Waals surface area contributed by atoms with E-state index in [0.29, 0.717) is 18.6 Å². The zero-order valence-corrected chi connectivity index (χ0v) is 11.6. The third-order valence-corrected chi connectivity index (χ3v) is 3.32. The number of anilines is 1. The summed E-state index contributed by atoms with van der Waals surface area (Å²) in [6, 6.07) is 5.52. The highest BCUT2D eigenvalue weighted by Gasteiger charge is 2.15. The first kappa shape index (κ1) is 16.0. The van der Waals surface area contributed by atoms with Crippen molar-refractivity contribution in [1.29, 1.82) is 0 Å². The number of nitrogens with one attached hydrogen (secondary N) is 1. The van der Waals surface area contributed by atoms with Crippen molar-refractivity contribution in [3.8, 4) is 0 Å². The summed E-state index contributed by atoms with van der Waals surface area (Å²) in [7, 11) is -3.95. The van der Waals surface area contributed by atoms with Crippen LogP contribution < -0.4 is 4.72 Å². The first-order valence-electron chi connectivity index (χ1n) is 5.83. The standard InChI is InChI=1S/C12H15NO6S/c1-2-7-19-12(16)9-3-5-10(6-4-9)13-20(17,18)8-11(14)15/h3-6,13H,2,7-8H2,1H3,(H,14,15). The summed E-state index contributed by atoms with van der Waals surface area (Å²) in [4.78, 5) is 21.9. The van der Waals surface area contributed by atoms with Gasteiger partial charge in [-0.1, -0.05) is 6.92 Å². The summed E-state index contributed by atoms with van der Waals surface area (Å²) >= 11 is 0. The molecule has 1 aromatic carbocycles. The van der Waals surface area contributed by atoms with Gasteiger partial charge in [0.05, 0.1) is 12.2 Å². The third kappa shape index (κ3) is 5.27. The molecule has 0 fully saturated rings. The quantitative estimate of drug-likeness (QED) is 0.729. The fraction of sp³-hybridized carbons (Fsp3) is 0.333. The van der Waals surface area contributed by atoms with Gasteiger partial charge in [0.25, 0.3) is 0 Å². The fourth-order valence-electron chi connectivity index (χ4n) is 1.33. The third-order valence-electron chi connectivity index (χ3n) is 2.14. The number of ether oxygens (including phenoxy) is 1. The normalized spacial score (nSPS) is 10.8. The summed E-state index contributed by atoms with van der Waals surface area (Å²) in [5.41, 5.74) is 0.470. The van der Waals surface area contributed by atoms with Gasteiger partial charge in [0.15, 0.2) is 5.75 Å². The number of benzene rings is 1. The van der Waals surface area contributed by atoms with E-state index in [1.807, 2.05) is 6.92 Å². The molecule has 1 aromatic rings. The molecule has 7 nitrogen and oxygen atoms in total. The number of carboxylic acid groups (broad SMARTS) is 1. The van der Waals surface area contributed by atoms with Crippen LogP contribution in [-0.4, -0.2) is 37.8 Å². The van der Waals surface area contributed by atoms with E-state index in [-0.39, 0.29) is 5.69 Å². The lowest BCUT2D eigenvalue weighted by molar-refractivity contribution is -0.134. The predicted molar refractivity (Wildman–Crippen MR) is 72.1 cm³/mol. The summed E-state index contributed by atoms with van der Waals surface area (Å²) in [5.74, 6) is -2.96. The van der Waals surface area contributed by atoms with Gasteiger partial charge >= 0.3 is 11.9 Å². The molecule has 0 amide bonds. The summed E-state index contributed by atoms with van der Waals surface area (Å²) < 4.78 is 29.8. The van der Waals surface area contributed by atoms with E-state index in [2.05, 4.69) is 4.72 Å². The van der Waals surface area contributed by atoms with Gasteiger partial charge in [-0.3, -0.25) is 9.52 Å². The van der Waals surface area contributed by atoms with Crippen LogP contribution in [0.3, 0.4) is 0 Å². The second-order valence-electron chi connectivity index (χ2n) is 3.97. The Kier molecular flexibility index (Phi) is 5.51. The molecule has 0 saturated carbocycles. The zero-order valence-electron chi connectivity index (χ0n) is 10.8. The minimum Gasteiger partial charge on any atom is -0.480 e. The van der Waals surface area contributed by atoms with Crippen molar-refractivity contribution >= 4 is 27.6 Å². The maximum atomic E-state index is 11.5. The lowest BCUT2D eigenvalue weighted by Gasteiger charge is -2.07. The molecule has 20 heavy (non-hydrogen) atoms. The molecular weight excluding hydrogens is 286 g/mol. The zero-order chi connectivity index (χ0) is 15.2. The molecule has 1 rings (SSSR count). The van der Waals surface area contributed by atoms with Crippen molar-refractivity contribution in [3.63, 3.8) is 0 Å². The Hall–Kier alpha value is -2.09. The highest BCUT2D eigenvalue weighted by molar-refractivity contribution is 7.93. The topological polar surface area (TPSA) is 110 Å². The van der Waals surface area contributed by atoms with Gasteiger partial charge in [-0.2, -0.15) is 0 Å². The van der Waals surface area contributed by atoms with Crippen LogP contribution in [0, 0.1) is 0 Å². The van der Waals surface area contributed by atoms with E-state index < -0.39 is 27.7 Å². The lowest BCUT2D eigenvalue weighted by Crippen LogP contribution is -2.22. The summed E-state index contributed by atoms with van der Waals surface area (Å²) in [6.45, 7) is 2.18. The van der Waals surface area contributed by atoms with Crippen molar-refractivity contribution < 1.29 is 27.9 Å². The molecule has 110 valence electrons. The van der Waals surface area contributed by atoms with Gasteiger partial charge in [0.1, 0.15) is 0 Å². The molecule has 2 N–H and O–H groups in total. The molecule has 0 saturated heterocycles. The Labute approximate surface area is 116 Å². The smallest absolute Gasteiger partial charge is 0.338 e. The molecule has 0 unspecified atom stereocenters. The van der Waals surface area contributed by atoms with Crippen molar-refractivity contribution in [2.75, 3.05) is 17.1 Å². The largest absolute Gasteiger partial charge is 0.480 e. The number of aliphatic carboxylic acids is 1. The Morgan fingerprint density at radius 3 is 2.35 bits per heavy atom. The highest BCUT2D eigenvalue weighted by atomic mass is 32.2. The molecule has 0 atom stereocenters. The van der Waals surface area contributed by atoms with E-state index in [1.54, 1.807) is 0 Å². The molecule has 0 aliphatic rings. The van der Waals surface area contributed by atoms with E-state index in [0.717, 1.165) is 0 Å². The van der Waals surface area contributed by atoms with Gasteiger partial charge in [0, 0.05) is 5.69 Å². The molecule has 0 aliphatic carbocycles. The van der Waals surface area contributed by atoms with Crippen LogP contribution >= 0.6 is 0 Å². The number of sulfonamides is 1. The van der Waals surface area contributed by atoms with E-state index in [4.69, 9.17) is 9.84 Å². The minimum absolute atomic E-state index is 0.179. The maximum Gasteiger partial charge on any atom is 0.338 e. The number of hydrogen-bond donors (Lipinski definition) is 2. The number of carbonyl (C=O) groups excluding carboxylic acids is 1. The van der Waals surface area contributed by atoms with E-state index in [1.165, 1.54) is 24.3 Å². The molecule has 8 heteroatoms. The Morgan fingerprint density at radius 1 is 1.25 bits per heavy atom. The number of carbonyl (C=O) groups is 2. The number of carboxylic acids is 1. The van der Waals surface area contributed by atoms with Crippen LogP contribution in [-0.2, 0) is 19.6 Å². The van der Waals surface area contributed by atoms with E-state index >= 15 is 0 Å². The molecule has 0 heterocycles. The monoisotopic (exact) mass is 301 g/mol. The van der Waals surface area contributed by atoms with Gasteiger partial charge in [0.2, 0.25) is 10.0 Å². The van der Waals surface area contributed by atoms with Crippen LogP contribution in [0.1, 0.15) is 23.7 Å². The molecule has 0 spiro atoms. The fourth-order valence-corrected chi connectivity index (χ4v) is 2.22. The first-order chi connectivity index (χ1) is 9.34. The van der Waals surface area contributed by atoms with Crippen LogP contribution in [0.5, 0.6) is 0 Å². The van der Waals surface area contributed by atoms with Crippen molar-refractivity contribution in [2.45, 2.75) is 13.3 Å². The van der Waals surface area contributed by atoms with Crippen LogP contribution in [0.4, 0.5) is 5.69 Å². The van der Waals surface area contributed by atoms with Crippen molar-refractivity contribution in [2.24, 2.45) is 0 Å². The second-order valence-corrected chi connectivity index (χ2v) is 5.69. The predicted octanol–water partition coefficient (Wildman–Crippen LogP) is 1.08. The van der Waals surface area contributed by atoms with Crippen LogP contribution in [0.2, 0.25) is 0 Å². The SMILES string of the molecule is CCCOC(=O)c1ccc(NS(=O)(=O)CC(=O)O)cc1. The molecular formula is C12H15NO6S. The number of hydrogen-bond acceptors (Lipinski definition) is 5. The summed E-state index contributed by atoms with van der Waals surface area (Å²) in [6.07, 6.45) is 0.707. The Morgan fingerprint density at radius 2 is 1.85 bits per heavy atom. The van der Waals surface area contributed by atoms with Gasteiger partial charge in [-0.15, -0.1) is 0 Å². The summed E-state index contributed by atoms with van der Waals surface area (Å²) in [5, 5.41) is 8.45. The second kappa shape index (κ2) is 6.90. The highest BCUT2D eigenvalue weighted by Crippen LogP contribution is 2.12. The minimum atomic E-state index is -3.95. The van der Waals surface area contributed by atoms with Gasteiger partial charge < -0.3 is 9.84 Å². The van der Waals surface area contributed by atoms with E-state index in [9.17, 15) is 18.0 Å². The average Bonchev–Trinajstić information content (AvgIpc) is 2.34. The number of rotatable bonds is 7. The Bertz CT molecular complexity index is 578. The Balaban J connectivity index is 2.72. The van der Waals surface area contributed by atoms with Crippen LogP contribution in [0.15, 0.2) is 24.3 Å². The number of esters is 1. The van der Waals surface area contributed by atoms with Crippen molar-refractivity contribution in [3.05, 3.63) is 29.8 Å². The average molecular weight is 301 g/mol. The van der Waals surface area contributed by atoms with Crippen LogP contribution in [0.25, 0.3) is 0 Å². The molecule has 0 aliphatic heterocycles.